The smallest absolute Gasteiger partial charge is 0.0635 e. The maximum Gasteiger partial charge on any atom is 0.0635 e. The van der Waals surface area contributed by atoms with Gasteiger partial charge in [0.05, 0.1) is 6.07 Å². The summed E-state index contributed by atoms with van der Waals surface area (Å²) in [5.74, 6) is 0. The van der Waals surface area contributed by atoms with E-state index >= 15 is 0 Å². The molecule has 0 aliphatic heterocycles. The highest BCUT2D eigenvalue weighted by Crippen LogP contribution is 2.23. The Morgan fingerprint density at radius 3 is 2.39 bits per heavy atom. The molecule has 4 heteroatoms. The summed E-state index contributed by atoms with van der Waals surface area (Å²) in [6.45, 7) is 5.51. The van der Waals surface area contributed by atoms with Gasteiger partial charge in [-0.3, -0.25) is 4.90 Å². The molecule has 2 N–H and O–H groups in total. The van der Waals surface area contributed by atoms with E-state index in [1.165, 1.54) is 0 Å². The van der Waals surface area contributed by atoms with Crippen molar-refractivity contribution in [1.29, 1.82) is 5.26 Å². The van der Waals surface area contributed by atoms with Crippen molar-refractivity contribution >= 4 is 11.6 Å². The Balaban J connectivity index is 2.91. The third kappa shape index (κ3) is 3.99. The molecule has 0 heterocycles. The zero-order valence-electron chi connectivity index (χ0n) is 10.9. The van der Waals surface area contributed by atoms with Gasteiger partial charge in [0.25, 0.3) is 0 Å². The van der Waals surface area contributed by atoms with Crippen molar-refractivity contribution in [3.63, 3.8) is 0 Å². The number of hydrogen-bond donors (Lipinski definition) is 1. The van der Waals surface area contributed by atoms with Crippen LogP contribution in [0.4, 0.5) is 0 Å². The Hall–Kier alpha value is -1.08. The zero-order chi connectivity index (χ0) is 13.5. The van der Waals surface area contributed by atoms with Crippen molar-refractivity contribution in [2.75, 3.05) is 13.1 Å². The molecule has 0 spiro atoms. The first kappa shape index (κ1) is 15.0. The second-order valence-electron chi connectivity index (χ2n) is 4.54. The highest BCUT2D eigenvalue weighted by atomic mass is 35.5. The molecule has 18 heavy (non-hydrogen) atoms. The topological polar surface area (TPSA) is 53.0 Å². The molecular weight excluding hydrogens is 246 g/mol. The molecule has 1 unspecified atom stereocenters. The first-order chi connectivity index (χ1) is 8.60. The van der Waals surface area contributed by atoms with Crippen LogP contribution < -0.4 is 5.73 Å². The molecule has 3 nitrogen and oxygen atoms in total. The van der Waals surface area contributed by atoms with Crippen molar-refractivity contribution in [3.05, 3.63) is 34.9 Å². The van der Waals surface area contributed by atoms with Gasteiger partial charge in [-0.2, -0.15) is 5.26 Å². The molecule has 0 bridgehead atoms. The van der Waals surface area contributed by atoms with Crippen molar-refractivity contribution in [3.8, 4) is 6.07 Å². The van der Waals surface area contributed by atoms with Gasteiger partial charge in [-0.05, 0) is 31.5 Å². The molecule has 1 aromatic carbocycles. The molecule has 0 saturated carbocycles. The molecule has 0 fully saturated rings. The zero-order valence-corrected chi connectivity index (χ0v) is 11.7. The van der Waals surface area contributed by atoms with Gasteiger partial charge in [0, 0.05) is 36.6 Å². The first-order valence-corrected chi connectivity index (χ1v) is 6.56. The molecule has 98 valence electrons. The lowest BCUT2D eigenvalue weighted by atomic mass is 10.0. The average molecular weight is 266 g/mol. The van der Waals surface area contributed by atoms with E-state index in [0.717, 1.165) is 17.1 Å². The van der Waals surface area contributed by atoms with Gasteiger partial charge < -0.3 is 5.73 Å². The highest BCUT2D eigenvalue weighted by Gasteiger charge is 2.21. The first-order valence-electron chi connectivity index (χ1n) is 6.18. The lowest BCUT2D eigenvalue weighted by molar-refractivity contribution is 0.161. The van der Waals surface area contributed by atoms with Crippen molar-refractivity contribution in [1.82, 2.24) is 4.90 Å². The van der Waals surface area contributed by atoms with Crippen LogP contribution in [0.2, 0.25) is 5.02 Å². The van der Waals surface area contributed by atoms with Crippen molar-refractivity contribution in [2.24, 2.45) is 5.73 Å². The Morgan fingerprint density at radius 1 is 1.33 bits per heavy atom. The van der Waals surface area contributed by atoms with Crippen molar-refractivity contribution in [2.45, 2.75) is 32.4 Å². The van der Waals surface area contributed by atoms with Gasteiger partial charge >= 0.3 is 0 Å². The Bertz CT molecular complexity index is 394. The van der Waals surface area contributed by atoms with Crippen LogP contribution >= 0.6 is 11.6 Å². The van der Waals surface area contributed by atoms with Crippen LogP contribution in [-0.4, -0.2) is 24.0 Å². The Kier molecular flexibility index (Phi) is 6.14. The van der Waals surface area contributed by atoms with E-state index in [9.17, 15) is 0 Å². The van der Waals surface area contributed by atoms with Gasteiger partial charge in [-0.15, -0.1) is 0 Å². The molecule has 0 radical (unpaired) electrons. The van der Waals surface area contributed by atoms with E-state index in [1.807, 2.05) is 24.3 Å². The predicted octanol–water partition coefficient (Wildman–Crippen LogP) is 2.96. The maximum atomic E-state index is 8.73. The number of nitriles is 1. The quantitative estimate of drug-likeness (QED) is 0.860. The van der Waals surface area contributed by atoms with E-state index in [-0.39, 0.29) is 6.04 Å². The third-order valence-electron chi connectivity index (χ3n) is 3.02. The summed E-state index contributed by atoms with van der Waals surface area (Å²) in [6, 6.07) is 10.4. The van der Waals surface area contributed by atoms with Gasteiger partial charge in [0.1, 0.15) is 0 Å². The van der Waals surface area contributed by atoms with Gasteiger partial charge in [-0.25, -0.2) is 0 Å². The number of nitrogens with two attached hydrogens (primary N) is 1. The molecule has 0 aromatic heterocycles. The summed E-state index contributed by atoms with van der Waals surface area (Å²) in [6.07, 6.45) is 0.516. The van der Waals surface area contributed by atoms with Crippen LogP contribution in [0.3, 0.4) is 0 Å². The molecule has 1 aromatic rings. The van der Waals surface area contributed by atoms with E-state index < -0.39 is 0 Å². The number of benzene rings is 1. The van der Waals surface area contributed by atoms with Crippen LogP contribution in [0.25, 0.3) is 0 Å². The summed E-state index contributed by atoms with van der Waals surface area (Å²) >= 11 is 5.90. The molecule has 0 saturated heterocycles. The number of rotatable bonds is 6. The van der Waals surface area contributed by atoms with Crippen LogP contribution in [0.15, 0.2) is 24.3 Å². The number of hydrogen-bond acceptors (Lipinski definition) is 3. The van der Waals surface area contributed by atoms with Gasteiger partial charge in [0.2, 0.25) is 0 Å². The van der Waals surface area contributed by atoms with Crippen LogP contribution in [0.1, 0.15) is 31.9 Å². The minimum absolute atomic E-state index is 0.135. The average Bonchev–Trinajstić information content (AvgIpc) is 2.35. The summed E-state index contributed by atoms with van der Waals surface area (Å²) in [5, 5.41) is 9.46. The van der Waals surface area contributed by atoms with Gasteiger partial charge in [0.15, 0.2) is 0 Å². The Morgan fingerprint density at radius 2 is 1.94 bits per heavy atom. The van der Waals surface area contributed by atoms with Gasteiger partial charge in [-0.1, -0.05) is 23.7 Å². The van der Waals surface area contributed by atoms with E-state index in [4.69, 9.17) is 22.6 Å². The largest absolute Gasteiger partial charge is 0.329 e. The van der Waals surface area contributed by atoms with E-state index in [0.29, 0.717) is 19.0 Å². The lowest BCUT2D eigenvalue weighted by Crippen LogP contribution is -2.39. The van der Waals surface area contributed by atoms with Crippen molar-refractivity contribution < 1.29 is 0 Å². The molecule has 1 rings (SSSR count). The minimum Gasteiger partial charge on any atom is -0.329 e. The maximum absolute atomic E-state index is 8.73. The summed E-state index contributed by atoms with van der Waals surface area (Å²) in [7, 11) is 0. The summed E-state index contributed by atoms with van der Waals surface area (Å²) < 4.78 is 0. The molecule has 0 aliphatic rings. The lowest BCUT2D eigenvalue weighted by Gasteiger charge is -2.34. The van der Waals surface area contributed by atoms with Crippen LogP contribution in [0.5, 0.6) is 0 Å². The Labute approximate surface area is 114 Å². The molecule has 1 atom stereocenters. The predicted molar refractivity (Wildman–Crippen MR) is 75.3 cm³/mol. The SMILES string of the molecule is CC(C)N(CCC#N)C(CN)c1ccc(Cl)cc1. The fourth-order valence-corrected chi connectivity index (χ4v) is 2.23. The van der Waals surface area contributed by atoms with Crippen LogP contribution in [0, 0.1) is 11.3 Å². The monoisotopic (exact) mass is 265 g/mol. The van der Waals surface area contributed by atoms with Crippen LogP contribution in [-0.2, 0) is 0 Å². The van der Waals surface area contributed by atoms with E-state index in [1.54, 1.807) is 0 Å². The molecule has 0 amide bonds. The second kappa shape index (κ2) is 7.38. The standard InChI is InChI=1S/C14H20ClN3/c1-11(2)18(9-3-8-16)14(10-17)12-4-6-13(15)7-5-12/h4-7,11,14H,3,9-10,17H2,1-2H3. The number of nitrogens with zero attached hydrogens (tertiary/aromatic N) is 2. The number of halogens is 1. The summed E-state index contributed by atoms with van der Waals surface area (Å²) in [4.78, 5) is 2.26. The third-order valence-corrected chi connectivity index (χ3v) is 3.28. The minimum atomic E-state index is 0.135. The fourth-order valence-electron chi connectivity index (χ4n) is 2.10. The van der Waals surface area contributed by atoms with E-state index in [2.05, 4.69) is 24.8 Å². The normalized spacial score (nSPS) is 12.7. The fraction of sp³-hybridized carbons (Fsp3) is 0.500. The summed E-state index contributed by atoms with van der Waals surface area (Å²) in [5.41, 5.74) is 7.04. The molecule has 0 aliphatic carbocycles. The molecular formula is C14H20ClN3. The second-order valence-corrected chi connectivity index (χ2v) is 4.98. The highest BCUT2D eigenvalue weighted by molar-refractivity contribution is 6.30.